The van der Waals surface area contributed by atoms with Crippen LogP contribution < -0.4 is 10.2 Å². The zero-order valence-electron chi connectivity index (χ0n) is 24.3. The molecule has 3 rings (SSSR count). The van der Waals surface area contributed by atoms with E-state index in [4.69, 9.17) is 9.94 Å². The average molecular weight is 536 g/mol. The maximum atomic E-state index is 11.8. The van der Waals surface area contributed by atoms with Gasteiger partial charge in [0.1, 0.15) is 12.4 Å². The maximum absolute atomic E-state index is 11.8. The van der Waals surface area contributed by atoms with E-state index in [-0.39, 0.29) is 0 Å². The van der Waals surface area contributed by atoms with Crippen LogP contribution in [-0.2, 0) is 13.1 Å². The van der Waals surface area contributed by atoms with Crippen LogP contribution in [0.2, 0.25) is 0 Å². The number of ether oxygens (including phenoxy) is 1. The molecular weight excluding hydrogens is 486 g/mol. The molecule has 1 atom stereocenters. The van der Waals surface area contributed by atoms with Crippen molar-refractivity contribution >= 4 is 16.8 Å². The van der Waals surface area contributed by atoms with Gasteiger partial charge >= 0.3 is 0 Å². The molecule has 6 nitrogen and oxygen atoms in total. The molecule has 2 aromatic carbocycles. The first-order chi connectivity index (χ1) is 19.0. The Labute approximate surface area is 235 Å². The molecule has 2 N–H and O–H groups in total. The highest BCUT2D eigenvalue weighted by Gasteiger charge is 2.08. The van der Waals surface area contributed by atoms with Gasteiger partial charge in [-0.25, -0.2) is 5.48 Å². The second-order valence-corrected chi connectivity index (χ2v) is 11.1. The number of hydrogen-bond acceptors (Lipinski definition) is 4. The number of unbranched alkanes of at least 4 members (excludes halogenated alkanes) is 7. The molecule has 39 heavy (non-hydrogen) atoms. The van der Waals surface area contributed by atoms with Crippen molar-refractivity contribution in [3.8, 4) is 5.75 Å². The van der Waals surface area contributed by atoms with Crippen LogP contribution in [-0.4, -0.2) is 40.8 Å². The lowest BCUT2D eigenvalue weighted by molar-refractivity contribution is 0.0706. The number of rotatable bonds is 19. The standard InChI is InChI=1S/C33H49N3O3/c1-4-27(2)14-11-9-7-5-6-8-10-12-20-35(3)26-28-15-13-16-31(24-28)39-23-22-36-21-19-29-17-18-30(25-32(29)36)33(37)34-38/h13,15-19,21,24-25,27,38H,4-12,14,20,22-23,26H2,1-3H3,(H,34,37). The van der Waals surface area contributed by atoms with Gasteiger partial charge in [-0.3, -0.25) is 10.0 Å². The Bertz CT molecular complexity index is 1130. The van der Waals surface area contributed by atoms with E-state index in [0.717, 1.165) is 35.7 Å². The van der Waals surface area contributed by atoms with Gasteiger partial charge in [0, 0.05) is 23.8 Å². The maximum Gasteiger partial charge on any atom is 0.274 e. The van der Waals surface area contributed by atoms with Crippen molar-refractivity contribution in [3.05, 3.63) is 65.9 Å². The summed E-state index contributed by atoms with van der Waals surface area (Å²) >= 11 is 0. The Morgan fingerprint density at radius 3 is 2.49 bits per heavy atom. The first-order valence-electron chi connectivity index (χ1n) is 14.9. The second-order valence-electron chi connectivity index (χ2n) is 11.1. The number of nitrogens with zero attached hydrogens (tertiary/aromatic N) is 2. The van der Waals surface area contributed by atoms with Gasteiger partial charge in [0.05, 0.1) is 6.54 Å². The summed E-state index contributed by atoms with van der Waals surface area (Å²) in [6, 6.07) is 15.8. The molecule has 1 heterocycles. The highest BCUT2D eigenvalue weighted by molar-refractivity contribution is 5.97. The average Bonchev–Trinajstić information content (AvgIpc) is 3.35. The van der Waals surface area contributed by atoms with Gasteiger partial charge < -0.3 is 14.2 Å². The topological polar surface area (TPSA) is 66.7 Å². The summed E-state index contributed by atoms with van der Waals surface area (Å²) in [7, 11) is 2.20. The van der Waals surface area contributed by atoms with Gasteiger partial charge in [0.15, 0.2) is 0 Å². The van der Waals surface area contributed by atoms with Crippen LogP contribution in [0.4, 0.5) is 0 Å². The molecule has 0 fully saturated rings. The van der Waals surface area contributed by atoms with Crippen molar-refractivity contribution in [1.82, 2.24) is 14.9 Å². The summed E-state index contributed by atoms with van der Waals surface area (Å²) < 4.78 is 8.13. The Morgan fingerprint density at radius 1 is 1.00 bits per heavy atom. The third-order valence-electron chi connectivity index (χ3n) is 7.77. The second kappa shape index (κ2) is 17.0. The number of carbonyl (C=O) groups is 1. The van der Waals surface area contributed by atoms with E-state index in [0.29, 0.717) is 18.7 Å². The van der Waals surface area contributed by atoms with Crippen molar-refractivity contribution in [3.63, 3.8) is 0 Å². The van der Waals surface area contributed by atoms with Crippen LogP contribution in [0.5, 0.6) is 5.75 Å². The number of hydrogen-bond donors (Lipinski definition) is 2. The minimum absolute atomic E-state index is 0.422. The normalized spacial score (nSPS) is 12.2. The van der Waals surface area contributed by atoms with E-state index in [1.807, 2.05) is 24.4 Å². The highest BCUT2D eigenvalue weighted by atomic mass is 16.5. The van der Waals surface area contributed by atoms with Crippen LogP contribution in [0.25, 0.3) is 10.9 Å². The van der Waals surface area contributed by atoms with Crippen LogP contribution in [0.1, 0.15) is 94.0 Å². The number of hydroxylamine groups is 1. The number of nitrogens with one attached hydrogen (secondary N) is 1. The summed E-state index contributed by atoms with van der Waals surface area (Å²) in [6.45, 7) is 7.90. The molecular formula is C33H49N3O3. The molecule has 3 aromatic rings. The van der Waals surface area contributed by atoms with Crippen molar-refractivity contribution in [2.75, 3.05) is 20.2 Å². The Kier molecular flexibility index (Phi) is 13.4. The third-order valence-corrected chi connectivity index (χ3v) is 7.77. The van der Waals surface area contributed by atoms with E-state index < -0.39 is 5.91 Å². The zero-order chi connectivity index (χ0) is 27.9. The fourth-order valence-electron chi connectivity index (χ4n) is 5.11. The largest absolute Gasteiger partial charge is 0.492 e. The summed E-state index contributed by atoms with van der Waals surface area (Å²) in [5.41, 5.74) is 4.32. The number of benzene rings is 2. The molecule has 0 saturated carbocycles. The van der Waals surface area contributed by atoms with Gasteiger partial charge in [-0.15, -0.1) is 0 Å². The van der Waals surface area contributed by atoms with Crippen molar-refractivity contribution < 1.29 is 14.7 Å². The fraction of sp³-hybridized carbons (Fsp3) is 0.545. The zero-order valence-corrected chi connectivity index (χ0v) is 24.3. The minimum atomic E-state index is -0.513. The third kappa shape index (κ3) is 10.7. The molecule has 1 aromatic heterocycles. The molecule has 0 spiro atoms. The van der Waals surface area contributed by atoms with Gasteiger partial charge in [-0.2, -0.15) is 0 Å². The van der Waals surface area contributed by atoms with Crippen LogP contribution >= 0.6 is 0 Å². The van der Waals surface area contributed by atoms with Crippen LogP contribution in [0.3, 0.4) is 0 Å². The smallest absolute Gasteiger partial charge is 0.274 e. The van der Waals surface area contributed by atoms with E-state index >= 15 is 0 Å². The summed E-state index contributed by atoms with van der Waals surface area (Å²) in [5.74, 6) is 1.26. The summed E-state index contributed by atoms with van der Waals surface area (Å²) in [5, 5.41) is 9.96. The SMILES string of the molecule is CCC(C)CCCCCCCCCCN(C)Cc1cccc(OCCn2ccc3ccc(C(=O)NO)cc32)c1. The Hall–Kier alpha value is -2.83. The van der Waals surface area contributed by atoms with Crippen molar-refractivity contribution in [2.45, 2.75) is 91.1 Å². The molecule has 0 aliphatic carbocycles. The van der Waals surface area contributed by atoms with Crippen molar-refractivity contribution in [2.24, 2.45) is 5.92 Å². The molecule has 1 unspecified atom stereocenters. The Balaban J connectivity index is 1.32. The van der Waals surface area contributed by atoms with Crippen LogP contribution in [0.15, 0.2) is 54.7 Å². The lowest BCUT2D eigenvalue weighted by Gasteiger charge is -2.17. The van der Waals surface area contributed by atoms with E-state index in [2.05, 4.69) is 48.6 Å². The van der Waals surface area contributed by atoms with E-state index in [1.54, 1.807) is 17.6 Å². The molecule has 1 amide bonds. The number of amides is 1. The molecule has 0 aliphatic heterocycles. The number of fused-ring (bicyclic) bond motifs is 1. The first kappa shape index (κ1) is 30.7. The number of aromatic nitrogens is 1. The Morgan fingerprint density at radius 2 is 1.74 bits per heavy atom. The molecule has 0 aliphatic rings. The molecule has 6 heteroatoms. The predicted molar refractivity (Wildman–Crippen MR) is 160 cm³/mol. The molecule has 0 bridgehead atoms. The quantitative estimate of drug-likeness (QED) is 0.0932. The van der Waals surface area contributed by atoms with E-state index in [9.17, 15) is 4.79 Å². The lowest BCUT2D eigenvalue weighted by atomic mass is 9.99. The van der Waals surface area contributed by atoms with Gasteiger partial charge in [0.2, 0.25) is 0 Å². The van der Waals surface area contributed by atoms with E-state index in [1.165, 1.54) is 69.8 Å². The molecule has 0 radical (unpaired) electrons. The summed E-state index contributed by atoms with van der Waals surface area (Å²) in [6.07, 6.45) is 15.6. The first-order valence-corrected chi connectivity index (χ1v) is 14.9. The molecule has 214 valence electrons. The summed E-state index contributed by atoms with van der Waals surface area (Å²) in [4.78, 5) is 14.2. The highest BCUT2D eigenvalue weighted by Crippen LogP contribution is 2.20. The number of carbonyl (C=O) groups excluding carboxylic acids is 1. The monoisotopic (exact) mass is 535 g/mol. The van der Waals surface area contributed by atoms with Gasteiger partial charge in [-0.05, 0) is 67.2 Å². The molecule has 0 saturated heterocycles. The van der Waals surface area contributed by atoms with Crippen molar-refractivity contribution in [1.29, 1.82) is 0 Å². The van der Waals surface area contributed by atoms with Crippen LogP contribution in [0, 0.1) is 5.92 Å². The lowest BCUT2D eigenvalue weighted by Crippen LogP contribution is -2.19. The fourth-order valence-corrected chi connectivity index (χ4v) is 5.11. The van der Waals surface area contributed by atoms with Gasteiger partial charge in [0.25, 0.3) is 5.91 Å². The van der Waals surface area contributed by atoms with Gasteiger partial charge in [-0.1, -0.05) is 89.8 Å². The predicted octanol–water partition coefficient (Wildman–Crippen LogP) is 7.83. The minimum Gasteiger partial charge on any atom is -0.492 e.